The van der Waals surface area contributed by atoms with E-state index in [0.717, 1.165) is 33.7 Å². The molecule has 0 fully saturated rings. The van der Waals surface area contributed by atoms with Gasteiger partial charge >= 0.3 is 0 Å². The fraction of sp³-hybridized carbons (Fsp3) is 0.125. The first-order valence-electron chi connectivity index (χ1n) is 9.96. The Bertz CT molecular complexity index is 1360. The summed E-state index contributed by atoms with van der Waals surface area (Å²) in [5.41, 5.74) is 4.66. The standard InChI is InChI=1S/C24H20N4O3S/c1-29-20-11-9-16(13-21(20)30-2)22-25-18-10-8-17(12-19(18)26-22)23-27-28-24(31-23)32-14-15-6-4-3-5-7-15/h3-13H,14H2,1-2H3,(H,25,26). The lowest BCUT2D eigenvalue weighted by molar-refractivity contribution is 0.355. The maximum atomic E-state index is 5.86. The Kier molecular flexibility index (Phi) is 5.51. The molecule has 2 heterocycles. The number of hydrogen-bond donors (Lipinski definition) is 1. The van der Waals surface area contributed by atoms with Crippen molar-refractivity contribution in [2.75, 3.05) is 14.2 Å². The van der Waals surface area contributed by atoms with E-state index in [2.05, 4.69) is 27.3 Å². The van der Waals surface area contributed by atoms with Gasteiger partial charge in [0.15, 0.2) is 11.5 Å². The van der Waals surface area contributed by atoms with Crippen LogP contribution in [-0.4, -0.2) is 34.4 Å². The van der Waals surface area contributed by atoms with E-state index >= 15 is 0 Å². The molecule has 0 saturated carbocycles. The van der Waals surface area contributed by atoms with Crippen LogP contribution in [0.3, 0.4) is 0 Å². The Morgan fingerprint density at radius 2 is 1.69 bits per heavy atom. The van der Waals surface area contributed by atoms with Crippen molar-refractivity contribution in [3.8, 4) is 34.3 Å². The van der Waals surface area contributed by atoms with E-state index in [4.69, 9.17) is 18.9 Å². The molecule has 3 aromatic carbocycles. The topological polar surface area (TPSA) is 86.1 Å². The summed E-state index contributed by atoms with van der Waals surface area (Å²) in [4.78, 5) is 8.06. The number of benzene rings is 3. The van der Waals surface area contributed by atoms with Gasteiger partial charge in [-0.25, -0.2) is 4.98 Å². The van der Waals surface area contributed by atoms with Crippen LogP contribution >= 0.6 is 11.8 Å². The smallest absolute Gasteiger partial charge is 0.277 e. The number of nitrogens with one attached hydrogen (secondary N) is 1. The Balaban J connectivity index is 1.38. The first kappa shape index (κ1) is 20.1. The van der Waals surface area contributed by atoms with E-state index in [0.29, 0.717) is 22.6 Å². The summed E-state index contributed by atoms with van der Waals surface area (Å²) in [7, 11) is 3.23. The predicted octanol–water partition coefficient (Wildman–Crippen LogP) is 5.59. The molecule has 0 spiro atoms. The molecule has 0 aliphatic carbocycles. The van der Waals surface area contributed by atoms with Gasteiger partial charge in [0.25, 0.3) is 5.22 Å². The number of fused-ring (bicyclic) bond motifs is 1. The third kappa shape index (κ3) is 4.04. The second-order valence-electron chi connectivity index (χ2n) is 7.03. The Hall–Kier alpha value is -3.78. The van der Waals surface area contributed by atoms with Gasteiger partial charge < -0.3 is 18.9 Å². The van der Waals surface area contributed by atoms with Crippen molar-refractivity contribution in [1.29, 1.82) is 0 Å². The molecular formula is C24H20N4O3S. The molecule has 160 valence electrons. The largest absolute Gasteiger partial charge is 0.493 e. The maximum absolute atomic E-state index is 5.86. The third-order valence-corrected chi connectivity index (χ3v) is 5.89. The summed E-state index contributed by atoms with van der Waals surface area (Å²) in [5.74, 6) is 3.31. The molecule has 5 rings (SSSR count). The van der Waals surface area contributed by atoms with Crippen molar-refractivity contribution < 1.29 is 13.9 Å². The normalized spacial score (nSPS) is 11.1. The van der Waals surface area contributed by atoms with Gasteiger partial charge in [0.2, 0.25) is 5.89 Å². The van der Waals surface area contributed by atoms with Crippen molar-refractivity contribution in [2.24, 2.45) is 0 Å². The molecule has 0 aliphatic heterocycles. The van der Waals surface area contributed by atoms with E-state index in [1.54, 1.807) is 14.2 Å². The fourth-order valence-electron chi connectivity index (χ4n) is 3.37. The second kappa shape index (κ2) is 8.76. The summed E-state index contributed by atoms with van der Waals surface area (Å²) < 4.78 is 16.6. The molecule has 0 radical (unpaired) electrons. The number of aromatic nitrogens is 4. The van der Waals surface area contributed by atoms with Gasteiger partial charge in [0.1, 0.15) is 5.82 Å². The van der Waals surface area contributed by atoms with Gasteiger partial charge in [-0.2, -0.15) is 0 Å². The van der Waals surface area contributed by atoms with Gasteiger partial charge in [-0.3, -0.25) is 0 Å². The van der Waals surface area contributed by atoms with Crippen molar-refractivity contribution in [1.82, 2.24) is 20.2 Å². The lowest BCUT2D eigenvalue weighted by Crippen LogP contribution is -1.91. The SMILES string of the molecule is COc1ccc(-c2nc3ccc(-c4nnc(SCc5ccccc5)o4)cc3[nH]2)cc1OC. The van der Waals surface area contributed by atoms with Crippen molar-refractivity contribution >= 4 is 22.8 Å². The quantitative estimate of drug-likeness (QED) is 0.328. The minimum absolute atomic E-state index is 0.477. The molecule has 8 heteroatoms. The molecule has 0 atom stereocenters. The number of thioether (sulfide) groups is 1. The minimum atomic E-state index is 0.477. The third-order valence-electron chi connectivity index (χ3n) is 5.00. The van der Waals surface area contributed by atoms with Crippen LogP contribution in [0.5, 0.6) is 11.5 Å². The molecule has 0 unspecified atom stereocenters. The molecule has 32 heavy (non-hydrogen) atoms. The Labute approximate surface area is 188 Å². The van der Waals surface area contributed by atoms with Gasteiger partial charge in [-0.15, -0.1) is 10.2 Å². The Morgan fingerprint density at radius 3 is 2.50 bits per heavy atom. The van der Waals surface area contributed by atoms with E-state index in [9.17, 15) is 0 Å². The highest BCUT2D eigenvalue weighted by Crippen LogP contribution is 2.33. The van der Waals surface area contributed by atoms with Crippen LogP contribution in [0.2, 0.25) is 0 Å². The van der Waals surface area contributed by atoms with Crippen LogP contribution in [0.4, 0.5) is 0 Å². The molecule has 0 aliphatic rings. The van der Waals surface area contributed by atoms with Crippen LogP contribution in [0.15, 0.2) is 76.4 Å². The first-order valence-corrected chi connectivity index (χ1v) is 10.9. The van der Waals surface area contributed by atoms with E-state index in [-0.39, 0.29) is 0 Å². The monoisotopic (exact) mass is 444 g/mol. The van der Waals surface area contributed by atoms with Gasteiger partial charge in [0, 0.05) is 16.9 Å². The zero-order valence-electron chi connectivity index (χ0n) is 17.5. The van der Waals surface area contributed by atoms with Crippen molar-refractivity contribution in [3.05, 3.63) is 72.3 Å². The molecular weight excluding hydrogens is 424 g/mol. The molecule has 7 nitrogen and oxygen atoms in total. The summed E-state index contributed by atoms with van der Waals surface area (Å²) in [5, 5.41) is 8.92. The number of H-pyrrole nitrogens is 1. The minimum Gasteiger partial charge on any atom is -0.493 e. The van der Waals surface area contributed by atoms with Crippen LogP contribution in [-0.2, 0) is 5.75 Å². The second-order valence-corrected chi connectivity index (χ2v) is 7.96. The number of hydrogen-bond acceptors (Lipinski definition) is 7. The summed E-state index contributed by atoms with van der Waals surface area (Å²) in [6.45, 7) is 0. The summed E-state index contributed by atoms with van der Waals surface area (Å²) in [6, 6.07) is 21.7. The molecule has 1 N–H and O–H groups in total. The summed E-state index contributed by atoms with van der Waals surface area (Å²) in [6.07, 6.45) is 0. The number of rotatable bonds is 7. The maximum Gasteiger partial charge on any atom is 0.277 e. The van der Waals surface area contributed by atoms with Crippen molar-refractivity contribution in [3.63, 3.8) is 0 Å². The lowest BCUT2D eigenvalue weighted by atomic mass is 10.2. The van der Waals surface area contributed by atoms with Crippen LogP contribution < -0.4 is 9.47 Å². The zero-order chi connectivity index (χ0) is 21.9. The number of aromatic amines is 1. The first-order chi connectivity index (χ1) is 15.7. The molecule has 0 bridgehead atoms. The van der Waals surface area contributed by atoms with Crippen LogP contribution in [0.1, 0.15) is 5.56 Å². The average Bonchev–Trinajstić information content (AvgIpc) is 3.49. The molecule has 2 aromatic heterocycles. The van der Waals surface area contributed by atoms with E-state index < -0.39 is 0 Å². The lowest BCUT2D eigenvalue weighted by Gasteiger charge is -2.08. The molecule has 0 saturated heterocycles. The highest BCUT2D eigenvalue weighted by molar-refractivity contribution is 7.98. The number of imidazole rings is 1. The van der Waals surface area contributed by atoms with Crippen LogP contribution in [0.25, 0.3) is 33.9 Å². The average molecular weight is 445 g/mol. The summed E-state index contributed by atoms with van der Waals surface area (Å²) >= 11 is 1.52. The van der Waals surface area contributed by atoms with Crippen molar-refractivity contribution in [2.45, 2.75) is 11.0 Å². The van der Waals surface area contributed by atoms with Crippen LogP contribution in [0, 0.1) is 0 Å². The number of nitrogens with zero attached hydrogens (tertiary/aromatic N) is 3. The van der Waals surface area contributed by atoms with E-state index in [1.807, 2.05) is 54.6 Å². The highest BCUT2D eigenvalue weighted by Gasteiger charge is 2.13. The Morgan fingerprint density at radius 1 is 0.875 bits per heavy atom. The molecule has 5 aromatic rings. The van der Waals surface area contributed by atoms with Gasteiger partial charge in [-0.1, -0.05) is 42.1 Å². The number of methoxy groups -OCH3 is 2. The highest BCUT2D eigenvalue weighted by atomic mass is 32.2. The van der Waals surface area contributed by atoms with Gasteiger partial charge in [-0.05, 0) is 42.0 Å². The fourth-order valence-corrected chi connectivity index (χ4v) is 4.09. The number of ether oxygens (including phenoxy) is 2. The predicted molar refractivity (Wildman–Crippen MR) is 124 cm³/mol. The van der Waals surface area contributed by atoms with E-state index in [1.165, 1.54) is 17.3 Å². The zero-order valence-corrected chi connectivity index (χ0v) is 18.3. The van der Waals surface area contributed by atoms with Gasteiger partial charge in [0.05, 0.1) is 25.3 Å². The molecule has 0 amide bonds.